The average Bonchev–Trinajstić information content (AvgIpc) is 2.59. The predicted molar refractivity (Wildman–Crippen MR) is 96.5 cm³/mol. The molecule has 0 radical (unpaired) electrons. The zero-order valence-electron chi connectivity index (χ0n) is 15.0. The first-order chi connectivity index (χ1) is 12.0. The molecule has 6 heteroatoms. The summed E-state index contributed by atoms with van der Waals surface area (Å²) in [5, 5.41) is 20.3. The van der Waals surface area contributed by atoms with Gasteiger partial charge in [0.25, 0.3) is 5.56 Å². The third-order valence-electron chi connectivity index (χ3n) is 5.27. The lowest BCUT2D eigenvalue weighted by Gasteiger charge is -2.45. The molecule has 2 N–H and O–H groups in total. The van der Waals surface area contributed by atoms with Crippen LogP contribution in [-0.2, 0) is 6.54 Å². The molecular weight excluding hydrogens is 318 g/mol. The van der Waals surface area contributed by atoms with E-state index >= 15 is 0 Å². The third kappa shape index (κ3) is 3.61. The van der Waals surface area contributed by atoms with E-state index in [-0.39, 0.29) is 12.2 Å². The fourth-order valence-electron chi connectivity index (χ4n) is 3.92. The summed E-state index contributed by atoms with van der Waals surface area (Å²) in [5.74, 6) is 0. The number of piperidine rings is 1. The number of aromatic nitrogens is 2. The molecule has 1 unspecified atom stereocenters. The summed E-state index contributed by atoms with van der Waals surface area (Å²) in [6, 6.07) is 5.38. The molecule has 3 rings (SSSR count). The molecule has 0 amide bonds. The first-order valence-electron chi connectivity index (χ1n) is 8.97. The first kappa shape index (κ1) is 18.0. The van der Waals surface area contributed by atoms with Crippen molar-refractivity contribution < 1.29 is 10.2 Å². The van der Waals surface area contributed by atoms with E-state index < -0.39 is 11.5 Å². The molecule has 0 saturated carbocycles. The van der Waals surface area contributed by atoms with Crippen molar-refractivity contribution in [3.8, 4) is 0 Å². The Balaban J connectivity index is 1.83. The summed E-state index contributed by atoms with van der Waals surface area (Å²) in [6.45, 7) is 5.90. The zero-order valence-corrected chi connectivity index (χ0v) is 15.0. The Morgan fingerprint density at radius 3 is 2.92 bits per heavy atom. The Kier molecular flexibility index (Phi) is 5.22. The van der Waals surface area contributed by atoms with Crippen molar-refractivity contribution in [3.05, 3.63) is 46.0 Å². The van der Waals surface area contributed by atoms with Crippen LogP contribution in [-0.4, -0.2) is 50.3 Å². The van der Waals surface area contributed by atoms with Gasteiger partial charge in [0.2, 0.25) is 0 Å². The fraction of sp³-hybridized carbons (Fsp3) is 0.579. The molecule has 0 aliphatic carbocycles. The molecule has 1 aliphatic heterocycles. The second kappa shape index (κ2) is 7.23. The van der Waals surface area contributed by atoms with E-state index in [4.69, 9.17) is 0 Å². The molecule has 25 heavy (non-hydrogen) atoms. The second-order valence-corrected chi connectivity index (χ2v) is 7.31. The van der Waals surface area contributed by atoms with E-state index in [1.165, 1.54) is 0 Å². The maximum Gasteiger partial charge on any atom is 0.258 e. The Labute approximate surface area is 147 Å². The van der Waals surface area contributed by atoms with Crippen LogP contribution >= 0.6 is 0 Å². The van der Waals surface area contributed by atoms with Crippen LogP contribution in [0.3, 0.4) is 0 Å². The molecule has 1 aliphatic rings. The average molecular weight is 345 g/mol. The molecule has 1 fully saturated rings. The van der Waals surface area contributed by atoms with Gasteiger partial charge in [-0.15, -0.1) is 0 Å². The minimum absolute atomic E-state index is 0.0222. The third-order valence-corrected chi connectivity index (χ3v) is 5.27. The van der Waals surface area contributed by atoms with Crippen molar-refractivity contribution in [3.63, 3.8) is 0 Å². The van der Waals surface area contributed by atoms with Crippen molar-refractivity contribution in [2.45, 2.75) is 45.8 Å². The van der Waals surface area contributed by atoms with E-state index in [0.717, 1.165) is 30.6 Å². The van der Waals surface area contributed by atoms with Gasteiger partial charge in [0, 0.05) is 37.3 Å². The molecule has 1 saturated heterocycles. The van der Waals surface area contributed by atoms with Crippen LogP contribution < -0.4 is 5.56 Å². The van der Waals surface area contributed by atoms with Crippen LogP contribution in [0, 0.1) is 12.3 Å². The summed E-state index contributed by atoms with van der Waals surface area (Å²) in [7, 11) is 0. The van der Waals surface area contributed by atoms with Gasteiger partial charge in [0.15, 0.2) is 0 Å². The van der Waals surface area contributed by atoms with Crippen LogP contribution in [0.2, 0.25) is 0 Å². The highest BCUT2D eigenvalue weighted by atomic mass is 16.3. The number of nitrogens with zero attached hydrogens (tertiary/aromatic N) is 3. The molecular formula is C19H27N3O3. The molecule has 3 heterocycles. The Bertz CT molecular complexity index is 804. The minimum atomic E-state index is -0.480. The monoisotopic (exact) mass is 345 g/mol. The number of pyridine rings is 1. The predicted octanol–water partition coefficient (Wildman–Crippen LogP) is 1.35. The van der Waals surface area contributed by atoms with Gasteiger partial charge in [-0.2, -0.15) is 0 Å². The van der Waals surface area contributed by atoms with Gasteiger partial charge in [-0.05, 0) is 31.4 Å². The fourth-order valence-corrected chi connectivity index (χ4v) is 3.92. The van der Waals surface area contributed by atoms with Crippen molar-refractivity contribution in [2.75, 3.05) is 19.7 Å². The van der Waals surface area contributed by atoms with Crippen LogP contribution in [0.15, 0.2) is 29.2 Å². The van der Waals surface area contributed by atoms with Gasteiger partial charge < -0.3 is 10.2 Å². The smallest absolute Gasteiger partial charge is 0.258 e. The Morgan fingerprint density at radius 1 is 1.40 bits per heavy atom. The number of likely N-dealkylation sites (tertiary alicyclic amines) is 1. The maximum atomic E-state index is 12.4. The van der Waals surface area contributed by atoms with Crippen molar-refractivity contribution >= 4 is 5.65 Å². The number of hydrogen-bond acceptors (Lipinski definition) is 5. The van der Waals surface area contributed by atoms with Gasteiger partial charge in [-0.3, -0.25) is 14.1 Å². The van der Waals surface area contributed by atoms with Crippen LogP contribution in [0.5, 0.6) is 0 Å². The summed E-state index contributed by atoms with van der Waals surface area (Å²) < 4.78 is 1.56. The van der Waals surface area contributed by atoms with Gasteiger partial charge in [0.1, 0.15) is 5.65 Å². The highest BCUT2D eigenvalue weighted by molar-refractivity contribution is 5.39. The Hall–Kier alpha value is -1.76. The van der Waals surface area contributed by atoms with Crippen molar-refractivity contribution in [1.82, 2.24) is 14.3 Å². The van der Waals surface area contributed by atoms with Gasteiger partial charge >= 0.3 is 0 Å². The van der Waals surface area contributed by atoms with Crippen LogP contribution in [0.25, 0.3) is 5.65 Å². The SMILES string of the molecule is CCC[C@]1(CO)CN(Cc2cc(=O)n3cc(C)ccc3n2)CCC1O. The Morgan fingerprint density at radius 2 is 2.20 bits per heavy atom. The van der Waals surface area contributed by atoms with Gasteiger partial charge in [-0.1, -0.05) is 19.4 Å². The first-order valence-corrected chi connectivity index (χ1v) is 8.97. The molecule has 0 spiro atoms. The maximum absolute atomic E-state index is 12.4. The summed E-state index contributed by atoms with van der Waals surface area (Å²) in [4.78, 5) is 19.1. The standard InChI is InChI=1S/C19H27N3O3/c1-3-7-19(13-23)12-21(8-6-16(19)24)11-15-9-18(25)22-10-14(2)4-5-17(22)20-15/h4-5,9-10,16,23-24H,3,6-8,11-13H2,1-2H3/t16?,19-/m1/s1. The summed E-state index contributed by atoms with van der Waals surface area (Å²) >= 11 is 0. The summed E-state index contributed by atoms with van der Waals surface area (Å²) in [5.41, 5.74) is 1.83. The zero-order chi connectivity index (χ0) is 18.0. The number of aliphatic hydroxyl groups excluding tert-OH is 2. The molecule has 136 valence electrons. The number of aliphatic hydroxyl groups is 2. The van der Waals surface area contributed by atoms with E-state index in [0.29, 0.717) is 25.2 Å². The highest BCUT2D eigenvalue weighted by Crippen LogP contribution is 2.35. The largest absolute Gasteiger partial charge is 0.396 e. The number of aryl methyl sites for hydroxylation is 1. The number of fused-ring (bicyclic) bond motifs is 1. The lowest BCUT2D eigenvalue weighted by Crippen LogP contribution is -2.53. The normalized spacial score (nSPS) is 24.7. The van der Waals surface area contributed by atoms with Crippen LogP contribution in [0.4, 0.5) is 0 Å². The quantitative estimate of drug-likeness (QED) is 0.855. The molecule has 2 aromatic rings. The van der Waals surface area contributed by atoms with E-state index in [2.05, 4.69) is 16.8 Å². The van der Waals surface area contributed by atoms with E-state index in [9.17, 15) is 15.0 Å². The second-order valence-electron chi connectivity index (χ2n) is 7.31. The topological polar surface area (TPSA) is 78.1 Å². The van der Waals surface area contributed by atoms with Crippen LogP contribution in [0.1, 0.15) is 37.4 Å². The van der Waals surface area contributed by atoms with Crippen molar-refractivity contribution in [1.29, 1.82) is 0 Å². The lowest BCUT2D eigenvalue weighted by atomic mass is 9.74. The van der Waals surface area contributed by atoms with Crippen molar-refractivity contribution in [2.24, 2.45) is 5.41 Å². The molecule has 0 aromatic carbocycles. The molecule has 2 atom stereocenters. The number of rotatable bonds is 5. The summed E-state index contributed by atoms with van der Waals surface area (Å²) in [6.07, 6.45) is 3.65. The van der Waals surface area contributed by atoms with E-state index in [1.54, 1.807) is 16.7 Å². The van der Waals surface area contributed by atoms with Gasteiger partial charge in [-0.25, -0.2) is 4.98 Å². The molecule has 6 nitrogen and oxygen atoms in total. The lowest BCUT2D eigenvalue weighted by molar-refractivity contribution is -0.0821. The van der Waals surface area contributed by atoms with Gasteiger partial charge in [0.05, 0.1) is 18.4 Å². The van der Waals surface area contributed by atoms with E-state index in [1.807, 2.05) is 19.1 Å². The number of hydrogen-bond donors (Lipinski definition) is 2. The molecule has 0 bridgehead atoms. The molecule has 2 aromatic heterocycles. The highest BCUT2D eigenvalue weighted by Gasteiger charge is 2.41. The minimum Gasteiger partial charge on any atom is -0.396 e.